The Labute approximate surface area is 154 Å². The summed E-state index contributed by atoms with van der Waals surface area (Å²) < 4.78 is 13.5. The molecule has 0 radical (unpaired) electrons. The van der Waals surface area contributed by atoms with Crippen LogP contribution in [0.1, 0.15) is 74.9 Å². The van der Waals surface area contributed by atoms with Crippen molar-refractivity contribution in [1.29, 1.82) is 0 Å². The Kier molecular flexibility index (Phi) is 5.36. The molecule has 2 atom stereocenters. The number of ether oxygens (including phenoxy) is 1. The van der Waals surface area contributed by atoms with Gasteiger partial charge in [-0.05, 0) is 38.5 Å². The van der Waals surface area contributed by atoms with Gasteiger partial charge in [-0.25, -0.2) is 4.98 Å². The first-order chi connectivity index (χ1) is 12.7. The topological polar surface area (TPSA) is 78.0 Å². The lowest BCUT2D eigenvalue weighted by Gasteiger charge is -2.35. The van der Waals surface area contributed by atoms with Gasteiger partial charge in [-0.3, -0.25) is 0 Å². The zero-order valence-electron chi connectivity index (χ0n) is 15.7. The number of rotatable bonds is 5. The second-order valence-corrected chi connectivity index (χ2v) is 7.63. The summed E-state index contributed by atoms with van der Waals surface area (Å²) in [5, 5.41) is 7.92. The van der Waals surface area contributed by atoms with Gasteiger partial charge in [0.15, 0.2) is 5.82 Å². The lowest BCUT2D eigenvalue weighted by molar-refractivity contribution is -0.00658. The minimum absolute atomic E-state index is 0.149. The molecule has 0 spiro atoms. The van der Waals surface area contributed by atoms with E-state index in [0.717, 1.165) is 50.4 Å². The van der Waals surface area contributed by atoms with Crippen LogP contribution in [-0.4, -0.2) is 38.4 Å². The third kappa shape index (κ3) is 3.83. The lowest BCUT2D eigenvalue weighted by atomic mass is 9.85. The number of aryl methyl sites for hydroxylation is 2. The van der Waals surface area contributed by atoms with E-state index in [1.54, 1.807) is 0 Å². The number of aromatic nitrogens is 4. The first-order valence-corrected chi connectivity index (χ1v) is 9.89. The van der Waals surface area contributed by atoms with Gasteiger partial charge in [0, 0.05) is 38.1 Å². The fourth-order valence-corrected chi connectivity index (χ4v) is 4.25. The largest absolute Gasteiger partial charge is 0.372 e. The molecule has 2 fully saturated rings. The number of hydrogen-bond acceptors (Lipinski definition) is 6. The van der Waals surface area contributed by atoms with Gasteiger partial charge in [-0.15, -0.1) is 0 Å². The average Bonchev–Trinajstić information content (AvgIpc) is 3.31. The first-order valence-electron chi connectivity index (χ1n) is 9.89. The summed E-state index contributed by atoms with van der Waals surface area (Å²) in [6.45, 7) is 2.87. The maximum atomic E-state index is 5.98. The number of nitrogens with zero attached hydrogens (tertiary/aromatic N) is 4. The molecule has 1 aliphatic carbocycles. The molecule has 2 aliphatic rings. The highest BCUT2D eigenvalue weighted by atomic mass is 16.5. The molecule has 1 N–H and O–H groups in total. The lowest BCUT2D eigenvalue weighted by Crippen LogP contribution is -2.43. The highest BCUT2D eigenvalue weighted by Crippen LogP contribution is 2.33. The van der Waals surface area contributed by atoms with E-state index in [4.69, 9.17) is 9.26 Å². The van der Waals surface area contributed by atoms with Gasteiger partial charge in [0.1, 0.15) is 6.10 Å². The molecular formula is C19H29N5O2. The zero-order chi connectivity index (χ0) is 17.9. The number of imidazole rings is 1. The number of nitrogens with one attached hydrogen (secondary N) is 1. The smallest absolute Gasteiger partial charge is 0.229 e. The quantitative estimate of drug-likeness (QED) is 0.884. The second-order valence-electron chi connectivity index (χ2n) is 7.63. The van der Waals surface area contributed by atoms with Crippen LogP contribution in [0.25, 0.3) is 0 Å². The Morgan fingerprint density at radius 3 is 2.73 bits per heavy atom. The Hall–Kier alpha value is -1.73. The number of hydrogen-bond donors (Lipinski definition) is 1. The summed E-state index contributed by atoms with van der Waals surface area (Å²) in [7, 11) is 2.03. The van der Waals surface area contributed by atoms with Crippen molar-refractivity contribution in [3.05, 3.63) is 29.9 Å². The van der Waals surface area contributed by atoms with Crippen LogP contribution in [0.3, 0.4) is 0 Å². The van der Waals surface area contributed by atoms with Crippen molar-refractivity contribution in [1.82, 2.24) is 25.0 Å². The van der Waals surface area contributed by atoms with E-state index in [1.165, 1.54) is 18.5 Å². The summed E-state index contributed by atoms with van der Waals surface area (Å²) in [5.41, 5.74) is 1.17. The molecule has 7 nitrogen and oxygen atoms in total. The molecule has 0 amide bonds. The van der Waals surface area contributed by atoms with E-state index in [1.807, 2.05) is 19.6 Å². The van der Waals surface area contributed by atoms with E-state index in [9.17, 15) is 0 Å². The van der Waals surface area contributed by atoms with Crippen LogP contribution >= 0.6 is 0 Å². The molecule has 4 rings (SSSR count). The van der Waals surface area contributed by atoms with Crippen LogP contribution in [0.4, 0.5) is 0 Å². The minimum atomic E-state index is 0.149. The van der Waals surface area contributed by atoms with Crippen LogP contribution in [0, 0.1) is 0 Å². The van der Waals surface area contributed by atoms with E-state index in [0.29, 0.717) is 18.0 Å². The molecule has 26 heavy (non-hydrogen) atoms. The molecule has 2 aromatic rings. The van der Waals surface area contributed by atoms with Crippen molar-refractivity contribution in [2.75, 3.05) is 6.61 Å². The molecule has 3 heterocycles. The van der Waals surface area contributed by atoms with Crippen LogP contribution in [0.15, 0.2) is 17.0 Å². The fraction of sp³-hybridized carbons (Fsp3) is 0.737. The van der Waals surface area contributed by atoms with Crippen LogP contribution < -0.4 is 5.32 Å². The summed E-state index contributed by atoms with van der Waals surface area (Å²) >= 11 is 0. The SMILES string of the molecule is CCc1noc(C2CCC(N[C@H]3CCO[C@H](c4cncn4C)C3)CC2)n1. The predicted octanol–water partition coefficient (Wildman–Crippen LogP) is 2.90. The summed E-state index contributed by atoms with van der Waals surface area (Å²) in [6, 6.07) is 1.09. The summed E-state index contributed by atoms with van der Waals surface area (Å²) in [5.74, 6) is 2.09. The average molecular weight is 359 g/mol. The molecule has 1 aliphatic heterocycles. The van der Waals surface area contributed by atoms with Gasteiger partial charge in [-0.1, -0.05) is 12.1 Å². The Bertz CT molecular complexity index is 704. The molecule has 142 valence electrons. The first kappa shape index (κ1) is 17.7. The van der Waals surface area contributed by atoms with Gasteiger partial charge < -0.3 is 19.1 Å². The molecular weight excluding hydrogens is 330 g/mol. The Balaban J connectivity index is 1.28. The molecule has 2 aromatic heterocycles. The van der Waals surface area contributed by atoms with Gasteiger partial charge in [0.05, 0.1) is 18.2 Å². The standard InChI is InChI=1S/C19H29N5O2/c1-3-18-22-19(26-23-18)13-4-6-14(7-5-13)21-15-8-9-25-17(10-15)16-11-20-12-24(16)2/h11-15,17,21H,3-10H2,1-2H3/t13?,14?,15-,17-/m0/s1. The van der Waals surface area contributed by atoms with Gasteiger partial charge in [-0.2, -0.15) is 4.98 Å². The van der Waals surface area contributed by atoms with E-state index in [2.05, 4.69) is 31.9 Å². The maximum absolute atomic E-state index is 5.98. The van der Waals surface area contributed by atoms with Gasteiger partial charge >= 0.3 is 0 Å². The molecule has 7 heteroatoms. The van der Waals surface area contributed by atoms with E-state index in [-0.39, 0.29) is 6.10 Å². The highest BCUT2D eigenvalue weighted by molar-refractivity contribution is 5.05. The maximum Gasteiger partial charge on any atom is 0.229 e. The normalized spacial score (nSPS) is 29.8. The third-order valence-electron chi connectivity index (χ3n) is 5.82. The monoisotopic (exact) mass is 359 g/mol. The van der Waals surface area contributed by atoms with Crippen LogP contribution in [-0.2, 0) is 18.2 Å². The van der Waals surface area contributed by atoms with Gasteiger partial charge in [0.25, 0.3) is 0 Å². The zero-order valence-corrected chi connectivity index (χ0v) is 15.7. The molecule has 1 saturated carbocycles. The Morgan fingerprint density at radius 2 is 2.04 bits per heavy atom. The third-order valence-corrected chi connectivity index (χ3v) is 5.82. The van der Waals surface area contributed by atoms with Crippen molar-refractivity contribution in [3.63, 3.8) is 0 Å². The molecule has 0 bridgehead atoms. The Morgan fingerprint density at radius 1 is 1.19 bits per heavy atom. The second kappa shape index (κ2) is 7.88. The van der Waals surface area contributed by atoms with Crippen molar-refractivity contribution in [3.8, 4) is 0 Å². The molecule has 0 aromatic carbocycles. The summed E-state index contributed by atoms with van der Waals surface area (Å²) in [6.07, 6.45) is 11.4. The minimum Gasteiger partial charge on any atom is -0.372 e. The van der Waals surface area contributed by atoms with Crippen LogP contribution in [0.2, 0.25) is 0 Å². The van der Waals surface area contributed by atoms with Crippen molar-refractivity contribution < 1.29 is 9.26 Å². The van der Waals surface area contributed by atoms with E-state index < -0.39 is 0 Å². The predicted molar refractivity (Wildman–Crippen MR) is 96.7 cm³/mol. The fourth-order valence-electron chi connectivity index (χ4n) is 4.25. The molecule has 1 saturated heterocycles. The van der Waals surface area contributed by atoms with Crippen LogP contribution in [0.5, 0.6) is 0 Å². The van der Waals surface area contributed by atoms with Crippen molar-refractivity contribution in [2.24, 2.45) is 7.05 Å². The van der Waals surface area contributed by atoms with Gasteiger partial charge in [0.2, 0.25) is 5.89 Å². The molecule has 0 unspecified atom stereocenters. The van der Waals surface area contributed by atoms with Crippen molar-refractivity contribution in [2.45, 2.75) is 76.0 Å². The highest BCUT2D eigenvalue weighted by Gasteiger charge is 2.30. The summed E-state index contributed by atoms with van der Waals surface area (Å²) in [4.78, 5) is 8.74. The van der Waals surface area contributed by atoms with E-state index >= 15 is 0 Å². The van der Waals surface area contributed by atoms with Crippen molar-refractivity contribution >= 4 is 0 Å².